The second-order valence-corrected chi connectivity index (χ2v) is 3.82. The first-order valence-corrected chi connectivity index (χ1v) is 5.51. The maximum atomic E-state index is 12.6. The minimum atomic E-state index is -4.63. The molecular weight excluding hydrogens is 265 g/mol. The summed E-state index contributed by atoms with van der Waals surface area (Å²) < 4.78 is 43.0. The number of aromatic nitrogens is 2. The van der Waals surface area contributed by atoms with Crippen molar-refractivity contribution in [2.75, 3.05) is 37.2 Å². The summed E-state index contributed by atoms with van der Waals surface area (Å²) in [6.07, 6.45) is -4.63. The van der Waals surface area contributed by atoms with Crippen LogP contribution in [0.3, 0.4) is 0 Å². The van der Waals surface area contributed by atoms with Crippen molar-refractivity contribution in [3.8, 4) is 0 Å². The molecule has 0 unspecified atom stereocenters. The molecule has 1 aromatic heterocycles. The number of anilines is 2. The van der Waals surface area contributed by atoms with Crippen LogP contribution in [0.15, 0.2) is 6.07 Å². The van der Waals surface area contributed by atoms with Crippen LogP contribution in [0.4, 0.5) is 24.8 Å². The fourth-order valence-corrected chi connectivity index (χ4v) is 1.54. The third-order valence-electron chi connectivity index (χ3n) is 2.41. The van der Waals surface area contributed by atoms with Crippen molar-refractivity contribution in [3.63, 3.8) is 0 Å². The lowest BCUT2D eigenvalue weighted by Crippen LogP contribution is -2.40. The van der Waals surface area contributed by atoms with Gasteiger partial charge in [0.15, 0.2) is 0 Å². The minimum absolute atomic E-state index is 0.0252. The molecule has 0 radical (unpaired) electrons. The molecule has 10 heteroatoms. The maximum Gasteiger partial charge on any atom is 0.451 e. The largest absolute Gasteiger partial charge is 0.451 e. The molecule has 1 aliphatic heterocycles. The van der Waals surface area contributed by atoms with Gasteiger partial charge in [0.25, 0.3) is 0 Å². The zero-order valence-corrected chi connectivity index (χ0v) is 9.87. The average molecular weight is 278 g/mol. The van der Waals surface area contributed by atoms with Crippen molar-refractivity contribution >= 4 is 11.6 Å². The van der Waals surface area contributed by atoms with Crippen LogP contribution < -0.4 is 16.7 Å². The first kappa shape index (κ1) is 13.8. The fourth-order valence-electron chi connectivity index (χ4n) is 1.54. The maximum absolute atomic E-state index is 12.6. The van der Waals surface area contributed by atoms with E-state index in [4.69, 9.17) is 10.6 Å². The predicted octanol–water partition coefficient (Wildman–Crippen LogP) is 0.440. The van der Waals surface area contributed by atoms with Gasteiger partial charge < -0.3 is 15.6 Å². The van der Waals surface area contributed by atoms with E-state index in [9.17, 15) is 13.2 Å². The van der Waals surface area contributed by atoms with Crippen molar-refractivity contribution in [2.24, 2.45) is 5.84 Å². The molecule has 2 heterocycles. The summed E-state index contributed by atoms with van der Waals surface area (Å²) in [7, 11) is 0. The molecule has 0 spiro atoms. The van der Waals surface area contributed by atoms with E-state index in [1.165, 1.54) is 6.07 Å². The molecular formula is C9H13F3N6O. The van der Waals surface area contributed by atoms with Gasteiger partial charge in [-0.15, -0.1) is 0 Å². The zero-order valence-electron chi connectivity index (χ0n) is 9.87. The number of nitrogen functional groups attached to an aromatic ring is 1. The van der Waals surface area contributed by atoms with Crippen LogP contribution in [0, 0.1) is 0 Å². The van der Waals surface area contributed by atoms with Gasteiger partial charge in [-0.2, -0.15) is 13.2 Å². The van der Waals surface area contributed by atoms with Gasteiger partial charge in [-0.25, -0.2) is 20.8 Å². The summed E-state index contributed by atoms with van der Waals surface area (Å²) in [5.74, 6) is 3.76. The average Bonchev–Trinajstić information content (AvgIpc) is 2.38. The van der Waals surface area contributed by atoms with Gasteiger partial charge in [0.2, 0.25) is 5.82 Å². The fraction of sp³-hybridized carbons (Fsp3) is 0.556. The molecule has 106 valence electrons. The molecule has 19 heavy (non-hydrogen) atoms. The number of morpholine rings is 1. The summed E-state index contributed by atoms with van der Waals surface area (Å²) in [4.78, 5) is 6.68. The molecule has 1 aromatic rings. The van der Waals surface area contributed by atoms with Crippen LogP contribution >= 0.6 is 0 Å². The lowest BCUT2D eigenvalue weighted by molar-refractivity contribution is -0.144. The minimum Gasteiger partial charge on any atom is -0.379 e. The quantitative estimate of drug-likeness (QED) is 0.546. The number of hydrazine groups is 2. The number of hydrogen-bond donors (Lipinski definition) is 3. The monoisotopic (exact) mass is 278 g/mol. The highest BCUT2D eigenvalue weighted by atomic mass is 19.4. The number of alkyl halides is 3. The SMILES string of the molecule is NNc1cc(NN2CCOCC2)nc(C(F)(F)F)n1. The Bertz CT molecular complexity index is 434. The highest BCUT2D eigenvalue weighted by Gasteiger charge is 2.35. The van der Waals surface area contributed by atoms with Crippen LogP contribution in [0.1, 0.15) is 5.82 Å². The van der Waals surface area contributed by atoms with Crippen LogP contribution in [-0.2, 0) is 10.9 Å². The van der Waals surface area contributed by atoms with Crippen molar-refractivity contribution < 1.29 is 17.9 Å². The Kier molecular flexibility index (Phi) is 4.02. The Labute approximate surface area is 106 Å². The molecule has 0 bridgehead atoms. The third kappa shape index (κ3) is 3.66. The molecule has 7 nitrogen and oxygen atoms in total. The van der Waals surface area contributed by atoms with Gasteiger partial charge in [-0.1, -0.05) is 0 Å². The molecule has 2 rings (SSSR count). The summed E-state index contributed by atoms with van der Waals surface area (Å²) in [5.41, 5.74) is 4.86. The van der Waals surface area contributed by atoms with Gasteiger partial charge in [0.1, 0.15) is 11.6 Å². The molecule has 0 aromatic carbocycles. The number of ether oxygens (including phenoxy) is 1. The van der Waals surface area contributed by atoms with E-state index in [0.29, 0.717) is 26.3 Å². The number of nitrogens with zero attached hydrogens (tertiary/aromatic N) is 3. The van der Waals surface area contributed by atoms with E-state index in [1.54, 1.807) is 5.01 Å². The summed E-state index contributed by atoms with van der Waals surface area (Å²) in [5, 5.41) is 1.71. The highest BCUT2D eigenvalue weighted by molar-refractivity contribution is 5.46. The van der Waals surface area contributed by atoms with E-state index in [-0.39, 0.29) is 11.6 Å². The summed E-state index contributed by atoms with van der Waals surface area (Å²) >= 11 is 0. The molecule has 4 N–H and O–H groups in total. The van der Waals surface area contributed by atoms with E-state index < -0.39 is 12.0 Å². The number of nitrogens with two attached hydrogens (primary N) is 1. The Morgan fingerprint density at radius 3 is 2.42 bits per heavy atom. The van der Waals surface area contributed by atoms with E-state index in [1.807, 2.05) is 0 Å². The van der Waals surface area contributed by atoms with Gasteiger partial charge in [0, 0.05) is 19.2 Å². The van der Waals surface area contributed by atoms with Crippen LogP contribution in [0.5, 0.6) is 0 Å². The molecule has 0 amide bonds. The second-order valence-electron chi connectivity index (χ2n) is 3.82. The van der Waals surface area contributed by atoms with E-state index in [2.05, 4.69) is 20.8 Å². The Morgan fingerprint density at radius 2 is 1.84 bits per heavy atom. The first-order valence-electron chi connectivity index (χ1n) is 5.51. The summed E-state index contributed by atoms with van der Waals surface area (Å²) in [6.45, 7) is 2.12. The lowest BCUT2D eigenvalue weighted by atomic mass is 10.4. The Hall–Kier alpha value is -1.65. The standard InChI is InChI=1S/C9H13F3N6O/c10-9(11,12)8-14-6(16-13)5-7(15-8)17-18-1-3-19-4-2-18/h5H,1-4,13H2,(H2,14,15,16,17). The molecule has 1 fully saturated rings. The Balaban J connectivity index is 2.19. The molecule has 0 aliphatic carbocycles. The van der Waals surface area contributed by atoms with Crippen molar-refractivity contribution in [1.82, 2.24) is 15.0 Å². The second kappa shape index (κ2) is 5.55. The van der Waals surface area contributed by atoms with Gasteiger partial charge in [0.05, 0.1) is 13.2 Å². The van der Waals surface area contributed by atoms with Gasteiger partial charge >= 0.3 is 6.18 Å². The number of nitrogens with one attached hydrogen (secondary N) is 2. The molecule has 1 saturated heterocycles. The Morgan fingerprint density at radius 1 is 1.21 bits per heavy atom. The number of hydrogen-bond acceptors (Lipinski definition) is 7. The molecule has 1 aliphatic rings. The van der Waals surface area contributed by atoms with Crippen molar-refractivity contribution in [2.45, 2.75) is 6.18 Å². The molecule has 0 atom stereocenters. The van der Waals surface area contributed by atoms with Crippen molar-refractivity contribution in [1.29, 1.82) is 0 Å². The normalized spacial score (nSPS) is 17.3. The molecule has 0 saturated carbocycles. The van der Waals surface area contributed by atoms with E-state index >= 15 is 0 Å². The highest BCUT2D eigenvalue weighted by Crippen LogP contribution is 2.28. The predicted molar refractivity (Wildman–Crippen MR) is 60.9 cm³/mol. The lowest BCUT2D eigenvalue weighted by Gasteiger charge is -2.27. The number of halogens is 3. The van der Waals surface area contributed by atoms with Crippen LogP contribution in [-0.4, -0.2) is 41.3 Å². The van der Waals surface area contributed by atoms with Crippen LogP contribution in [0.25, 0.3) is 0 Å². The zero-order chi connectivity index (χ0) is 13.9. The topological polar surface area (TPSA) is 88.3 Å². The van der Waals surface area contributed by atoms with Crippen LogP contribution in [0.2, 0.25) is 0 Å². The van der Waals surface area contributed by atoms with Gasteiger partial charge in [-0.3, -0.25) is 0 Å². The first-order chi connectivity index (χ1) is 8.99. The summed E-state index contributed by atoms with van der Waals surface area (Å²) in [6, 6.07) is 1.30. The van der Waals surface area contributed by atoms with E-state index in [0.717, 1.165) is 0 Å². The van der Waals surface area contributed by atoms with Crippen molar-refractivity contribution in [3.05, 3.63) is 11.9 Å². The third-order valence-corrected chi connectivity index (χ3v) is 2.41. The smallest absolute Gasteiger partial charge is 0.379 e. The van der Waals surface area contributed by atoms with Gasteiger partial charge in [-0.05, 0) is 0 Å². The number of rotatable bonds is 3.